The molecular weight excluding hydrogens is 496 g/mol. The molecule has 2 heterocycles. The molecule has 1 aromatic carbocycles. The summed E-state index contributed by atoms with van der Waals surface area (Å²) in [7, 11) is 5.84. The minimum atomic E-state index is -0.567. The van der Waals surface area contributed by atoms with Gasteiger partial charge in [-0.2, -0.15) is 0 Å². The molecule has 0 atom stereocenters. The number of hydrogen-bond acceptors (Lipinski definition) is 6. The predicted octanol–water partition coefficient (Wildman–Crippen LogP) is 3.31. The Balaban J connectivity index is 1.90. The van der Waals surface area contributed by atoms with Gasteiger partial charge in [0.05, 0.1) is 19.3 Å². The summed E-state index contributed by atoms with van der Waals surface area (Å²) in [6.07, 6.45) is 2.10. The summed E-state index contributed by atoms with van der Waals surface area (Å²) in [5, 5.41) is 6.28. The lowest BCUT2D eigenvalue weighted by atomic mass is 10.1. The molecule has 2 aromatic heterocycles. The first-order valence-electron chi connectivity index (χ1n) is 12.0. The van der Waals surface area contributed by atoms with E-state index in [9.17, 15) is 9.59 Å². The Bertz CT molecular complexity index is 1350. The van der Waals surface area contributed by atoms with Gasteiger partial charge in [-0.05, 0) is 63.7 Å². The molecular formula is C24H32ClN10O2+. The standard InChI is InChI=1S/C24H31ClN10O2/c1-6-34-17-10-9-16(24(37)33(5)12-8-11-32(3)4)13-18(17)35(7-2)20(34)15-28-23(36)21-22(30-31-26)27-14-19(25)29-21/h9-10,13-14H,6-8,11-12,15H2,1-5H3/p+1. The number of amides is 2. The first kappa shape index (κ1) is 27.9. The van der Waals surface area contributed by atoms with Crippen LogP contribution in [0.5, 0.6) is 0 Å². The van der Waals surface area contributed by atoms with Crippen molar-refractivity contribution in [1.82, 2.24) is 29.7 Å². The Morgan fingerprint density at radius 1 is 1.24 bits per heavy atom. The van der Waals surface area contributed by atoms with E-state index in [2.05, 4.69) is 39.3 Å². The van der Waals surface area contributed by atoms with Crippen molar-refractivity contribution in [3.63, 3.8) is 0 Å². The van der Waals surface area contributed by atoms with Crippen LogP contribution in [0.4, 0.5) is 5.82 Å². The van der Waals surface area contributed by atoms with Crippen LogP contribution in [0.25, 0.3) is 21.5 Å². The maximum absolute atomic E-state index is 13.1. The van der Waals surface area contributed by atoms with Gasteiger partial charge in [-0.25, -0.2) is 19.1 Å². The van der Waals surface area contributed by atoms with Gasteiger partial charge in [0, 0.05) is 30.1 Å². The van der Waals surface area contributed by atoms with Crippen molar-refractivity contribution < 1.29 is 14.2 Å². The van der Waals surface area contributed by atoms with Gasteiger partial charge in [-0.3, -0.25) is 9.59 Å². The number of benzene rings is 1. The Hall–Kier alpha value is -3.73. The quantitative estimate of drug-likeness (QED) is 0.176. The van der Waals surface area contributed by atoms with Crippen LogP contribution in [-0.2, 0) is 19.6 Å². The molecule has 0 aliphatic heterocycles. The lowest BCUT2D eigenvalue weighted by Crippen LogP contribution is -2.40. The summed E-state index contributed by atoms with van der Waals surface area (Å²) in [6.45, 7) is 7.07. The maximum Gasteiger partial charge on any atom is 0.277 e. The molecule has 37 heavy (non-hydrogen) atoms. The summed E-state index contributed by atoms with van der Waals surface area (Å²) in [6, 6.07) is 5.69. The second-order valence-electron chi connectivity index (χ2n) is 8.73. The van der Waals surface area contributed by atoms with Crippen LogP contribution >= 0.6 is 11.6 Å². The van der Waals surface area contributed by atoms with Crippen molar-refractivity contribution in [3.05, 3.63) is 57.1 Å². The Morgan fingerprint density at radius 2 is 2.00 bits per heavy atom. The Morgan fingerprint density at radius 3 is 2.65 bits per heavy atom. The number of carbonyl (C=O) groups is 2. The van der Waals surface area contributed by atoms with Crippen LogP contribution in [0, 0.1) is 0 Å². The van der Waals surface area contributed by atoms with E-state index in [1.165, 1.54) is 6.20 Å². The highest BCUT2D eigenvalue weighted by Crippen LogP contribution is 2.20. The van der Waals surface area contributed by atoms with Gasteiger partial charge >= 0.3 is 0 Å². The zero-order chi connectivity index (χ0) is 27.1. The fourth-order valence-electron chi connectivity index (χ4n) is 4.24. The minimum Gasteiger partial charge on any atom is -0.342 e. The average Bonchev–Trinajstić information content (AvgIpc) is 3.19. The summed E-state index contributed by atoms with van der Waals surface area (Å²) >= 11 is 5.90. The topological polar surface area (TPSA) is 136 Å². The molecule has 0 spiro atoms. The number of azide groups is 1. The van der Waals surface area contributed by atoms with Gasteiger partial charge in [-0.15, -0.1) is 0 Å². The number of halogens is 1. The third-order valence-corrected chi connectivity index (χ3v) is 6.17. The van der Waals surface area contributed by atoms with E-state index in [0.717, 1.165) is 29.8 Å². The molecule has 0 aliphatic rings. The number of rotatable bonds is 11. The third kappa shape index (κ3) is 6.34. The van der Waals surface area contributed by atoms with Crippen LogP contribution in [-0.4, -0.2) is 70.4 Å². The van der Waals surface area contributed by atoms with Crippen molar-refractivity contribution in [2.24, 2.45) is 5.11 Å². The van der Waals surface area contributed by atoms with E-state index < -0.39 is 5.91 Å². The molecule has 12 nitrogen and oxygen atoms in total. The largest absolute Gasteiger partial charge is 0.342 e. The molecule has 2 amide bonds. The number of hydrogen-bond donors (Lipinski definition) is 1. The highest BCUT2D eigenvalue weighted by Gasteiger charge is 2.26. The molecule has 196 valence electrons. The SMILES string of the molecule is CCn1c(CNC(=O)c2nc(Cl)cnc2N=[N+]=[N-])[n+](CC)c2ccc(C(=O)N(C)CCCN(C)C)cc21. The van der Waals surface area contributed by atoms with E-state index >= 15 is 0 Å². The molecule has 0 saturated heterocycles. The van der Waals surface area contributed by atoms with Crippen LogP contribution in [0.15, 0.2) is 29.5 Å². The van der Waals surface area contributed by atoms with E-state index in [-0.39, 0.29) is 29.1 Å². The number of carbonyl (C=O) groups excluding carboxylic acids is 2. The van der Waals surface area contributed by atoms with Gasteiger partial charge in [0.25, 0.3) is 17.6 Å². The number of aromatic nitrogens is 4. The van der Waals surface area contributed by atoms with Crippen molar-refractivity contribution in [3.8, 4) is 0 Å². The van der Waals surface area contributed by atoms with Crippen LogP contribution in [0.3, 0.4) is 0 Å². The lowest BCUT2D eigenvalue weighted by Gasteiger charge is -2.18. The first-order valence-corrected chi connectivity index (χ1v) is 12.4. The molecule has 1 N–H and O–H groups in total. The molecule has 0 radical (unpaired) electrons. The Labute approximate surface area is 220 Å². The molecule has 13 heteroatoms. The first-order chi connectivity index (χ1) is 17.7. The summed E-state index contributed by atoms with van der Waals surface area (Å²) in [4.78, 5) is 40.4. The van der Waals surface area contributed by atoms with Crippen molar-refractivity contribution in [1.29, 1.82) is 0 Å². The summed E-state index contributed by atoms with van der Waals surface area (Å²) in [5.41, 5.74) is 11.1. The van der Waals surface area contributed by atoms with E-state index in [1.54, 1.807) is 4.90 Å². The van der Waals surface area contributed by atoms with E-state index in [1.807, 2.05) is 53.2 Å². The molecule has 0 saturated carbocycles. The summed E-state index contributed by atoms with van der Waals surface area (Å²) < 4.78 is 4.16. The van der Waals surface area contributed by atoms with E-state index in [4.69, 9.17) is 17.1 Å². The van der Waals surface area contributed by atoms with Gasteiger partial charge in [0.2, 0.25) is 0 Å². The number of imidazole rings is 1. The average molecular weight is 528 g/mol. The molecule has 3 rings (SSSR count). The number of aryl methyl sites for hydroxylation is 2. The third-order valence-electron chi connectivity index (χ3n) is 5.99. The Kier molecular flexibility index (Phi) is 9.40. The highest BCUT2D eigenvalue weighted by molar-refractivity contribution is 6.29. The van der Waals surface area contributed by atoms with Crippen LogP contribution in [0.1, 0.15) is 46.9 Å². The van der Waals surface area contributed by atoms with Crippen molar-refractivity contribution >= 4 is 40.3 Å². The van der Waals surface area contributed by atoms with Crippen molar-refractivity contribution in [2.75, 3.05) is 34.2 Å². The van der Waals surface area contributed by atoms with E-state index in [0.29, 0.717) is 25.2 Å². The van der Waals surface area contributed by atoms with Gasteiger partial charge in [0.1, 0.15) is 11.7 Å². The van der Waals surface area contributed by atoms with Crippen LogP contribution < -0.4 is 9.88 Å². The summed E-state index contributed by atoms with van der Waals surface area (Å²) in [5.74, 6) is 0.0926. The lowest BCUT2D eigenvalue weighted by molar-refractivity contribution is -0.676. The maximum atomic E-state index is 13.1. The molecule has 3 aromatic rings. The number of fused-ring (bicyclic) bond motifs is 1. The van der Waals surface area contributed by atoms with Crippen molar-refractivity contribution in [2.45, 2.75) is 39.9 Å². The molecule has 0 unspecified atom stereocenters. The second kappa shape index (κ2) is 12.5. The van der Waals surface area contributed by atoms with Gasteiger partial charge < -0.3 is 15.1 Å². The van der Waals surface area contributed by atoms with Gasteiger partial charge in [-0.1, -0.05) is 11.6 Å². The second-order valence-corrected chi connectivity index (χ2v) is 9.12. The molecule has 0 fully saturated rings. The number of nitrogens with zero attached hydrogens (tertiary/aromatic N) is 9. The zero-order valence-electron chi connectivity index (χ0n) is 21.8. The molecule has 0 aliphatic carbocycles. The fraction of sp³-hybridized carbons (Fsp3) is 0.458. The highest BCUT2D eigenvalue weighted by atomic mass is 35.5. The van der Waals surface area contributed by atoms with Gasteiger partial charge in [0.15, 0.2) is 22.5 Å². The minimum absolute atomic E-state index is 0.0113. The smallest absolute Gasteiger partial charge is 0.277 e. The zero-order valence-corrected chi connectivity index (χ0v) is 22.5. The predicted molar refractivity (Wildman–Crippen MR) is 141 cm³/mol. The number of nitrogens with one attached hydrogen (secondary N) is 1. The van der Waals surface area contributed by atoms with Crippen LogP contribution in [0.2, 0.25) is 5.15 Å². The fourth-order valence-corrected chi connectivity index (χ4v) is 4.37. The normalized spacial score (nSPS) is 11.0. The monoisotopic (exact) mass is 527 g/mol. The molecule has 0 bridgehead atoms.